The summed E-state index contributed by atoms with van der Waals surface area (Å²) in [6.45, 7) is 5.59. The summed E-state index contributed by atoms with van der Waals surface area (Å²) in [6, 6.07) is 27.8. The molecule has 0 aliphatic carbocycles. The Morgan fingerprint density at radius 1 is 1.00 bits per heavy atom. The number of benzene rings is 3. The van der Waals surface area contributed by atoms with Gasteiger partial charge in [-0.05, 0) is 23.3 Å². The molecular weight excluding hydrogens is 484 g/mol. The van der Waals surface area contributed by atoms with E-state index in [-0.39, 0.29) is 23.7 Å². The van der Waals surface area contributed by atoms with E-state index in [4.69, 9.17) is 4.74 Å². The second kappa shape index (κ2) is 10.3. The molecule has 2 unspecified atom stereocenters. The zero-order chi connectivity index (χ0) is 26.0. The van der Waals surface area contributed by atoms with Crippen LogP contribution in [0.15, 0.2) is 104 Å². The average molecular weight is 513 g/mol. The van der Waals surface area contributed by atoms with Crippen molar-refractivity contribution in [2.24, 2.45) is 5.41 Å². The van der Waals surface area contributed by atoms with Crippen molar-refractivity contribution in [3.63, 3.8) is 0 Å². The van der Waals surface area contributed by atoms with Crippen LogP contribution < -0.4 is 4.90 Å². The third-order valence-corrected chi connectivity index (χ3v) is 8.49. The molecule has 0 radical (unpaired) electrons. The quantitative estimate of drug-likeness (QED) is 0.258. The Morgan fingerprint density at radius 2 is 1.54 bits per heavy atom. The lowest BCUT2D eigenvalue weighted by Gasteiger charge is -2.56. The monoisotopic (exact) mass is 512 g/mol. The van der Waals surface area contributed by atoms with Gasteiger partial charge in [0.25, 0.3) is 0 Å². The summed E-state index contributed by atoms with van der Waals surface area (Å²) in [5, 5.41) is -0.239. The largest absolute Gasteiger partial charge is 0.452 e. The van der Waals surface area contributed by atoms with Crippen LogP contribution in [0.1, 0.15) is 24.2 Å². The molecule has 37 heavy (non-hydrogen) atoms. The number of rotatable bonds is 7. The lowest BCUT2D eigenvalue weighted by atomic mass is 9.86. The zero-order valence-electron chi connectivity index (χ0n) is 20.5. The highest BCUT2D eigenvalue weighted by molar-refractivity contribution is 8.00. The van der Waals surface area contributed by atoms with Gasteiger partial charge >= 0.3 is 5.97 Å². The van der Waals surface area contributed by atoms with Crippen LogP contribution in [0.4, 0.5) is 5.69 Å². The van der Waals surface area contributed by atoms with Gasteiger partial charge in [-0.2, -0.15) is 0 Å². The minimum absolute atomic E-state index is 0.166. The number of hydrogen-bond acceptors (Lipinski definition) is 5. The number of hydrogen-bond donors (Lipinski definition) is 0. The van der Waals surface area contributed by atoms with Gasteiger partial charge in [-0.1, -0.05) is 84.9 Å². The van der Waals surface area contributed by atoms with Crippen molar-refractivity contribution in [2.75, 3.05) is 17.2 Å². The Labute approximate surface area is 220 Å². The summed E-state index contributed by atoms with van der Waals surface area (Å²) in [5.74, 6) is -0.401. The molecule has 0 saturated carbocycles. The van der Waals surface area contributed by atoms with E-state index in [1.807, 2.05) is 91.0 Å². The van der Waals surface area contributed by atoms with Gasteiger partial charge in [0.05, 0.1) is 0 Å². The summed E-state index contributed by atoms with van der Waals surface area (Å²) >= 11 is 1.48. The molecule has 3 aromatic rings. The first-order chi connectivity index (χ1) is 17.9. The zero-order valence-corrected chi connectivity index (χ0v) is 21.3. The van der Waals surface area contributed by atoms with Gasteiger partial charge in [0.15, 0.2) is 6.10 Å². The van der Waals surface area contributed by atoms with Crippen LogP contribution in [-0.2, 0) is 19.1 Å². The van der Waals surface area contributed by atoms with E-state index >= 15 is 0 Å². The number of carbonyl (C=O) groups excluding carboxylic acids is 3. The second-order valence-electron chi connectivity index (χ2n) is 9.30. The van der Waals surface area contributed by atoms with Gasteiger partial charge in [0.2, 0.25) is 11.8 Å². The number of amides is 2. The van der Waals surface area contributed by atoms with Gasteiger partial charge in [-0.25, -0.2) is 0 Å². The number of carbonyl (C=O) groups is 3. The van der Waals surface area contributed by atoms with Crippen molar-refractivity contribution in [2.45, 2.75) is 24.4 Å². The molecular formula is C30H28N2O4S. The third kappa shape index (κ3) is 4.55. The smallest absolute Gasteiger partial charge is 0.319 e. The van der Waals surface area contributed by atoms with Crippen LogP contribution in [-0.4, -0.2) is 46.4 Å². The normalized spacial score (nSPS) is 22.5. The number of esters is 1. The lowest BCUT2D eigenvalue weighted by Crippen LogP contribution is -2.74. The molecule has 0 N–H and O–H groups in total. The van der Waals surface area contributed by atoms with Crippen LogP contribution >= 0.6 is 11.8 Å². The summed E-state index contributed by atoms with van der Waals surface area (Å²) in [6.07, 6.45) is 1.02. The summed E-state index contributed by atoms with van der Waals surface area (Å²) in [5.41, 5.74) is 1.35. The first-order valence-corrected chi connectivity index (χ1v) is 13.2. The molecule has 6 nitrogen and oxygen atoms in total. The van der Waals surface area contributed by atoms with Gasteiger partial charge in [-0.15, -0.1) is 18.3 Å². The lowest BCUT2D eigenvalue weighted by molar-refractivity contribution is -0.161. The second-order valence-corrected chi connectivity index (χ2v) is 10.4. The summed E-state index contributed by atoms with van der Waals surface area (Å²) in [4.78, 5) is 42.8. The molecule has 2 saturated heterocycles. The van der Waals surface area contributed by atoms with Crippen molar-refractivity contribution in [3.8, 4) is 0 Å². The SMILES string of the molecule is C=CC1(C(=O)OC(c2ccccc2)c2ccccc2)CS[C@@H]2C(N(C(C)=O)c3ccccc3)C(=O)N2C1. The van der Waals surface area contributed by atoms with Gasteiger partial charge in [-0.3, -0.25) is 19.3 Å². The topological polar surface area (TPSA) is 66.9 Å². The van der Waals surface area contributed by atoms with Crippen molar-refractivity contribution in [1.29, 1.82) is 0 Å². The van der Waals surface area contributed by atoms with Crippen molar-refractivity contribution < 1.29 is 19.1 Å². The number of β-lactam (4-membered cyclic amide) rings is 1. The van der Waals surface area contributed by atoms with Gasteiger partial charge in [0, 0.05) is 24.9 Å². The highest BCUT2D eigenvalue weighted by atomic mass is 32.2. The van der Waals surface area contributed by atoms with Crippen molar-refractivity contribution in [1.82, 2.24) is 4.90 Å². The Morgan fingerprint density at radius 3 is 2.05 bits per heavy atom. The molecule has 0 bridgehead atoms. The molecule has 3 aromatic carbocycles. The maximum absolute atomic E-state index is 13.7. The van der Waals surface area contributed by atoms with E-state index in [2.05, 4.69) is 6.58 Å². The molecule has 3 atom stereocenters. The third-order valence-electron chi connectivity index (χ3n) is 6.96. The Balaban J connectivity index is 1.37. The average Bonchev–Trinajstić information content (AvgIpc) is 2.95. The first-order valence-electron chi connectivity index (χ1n) is 12.2. The van der Waals surface area contributed by atoms with E-state index in [1.54, 1.807) is 15.9 Å². The Kier molecular flexibility index (Phi) is 6.89. The molecule has 5 rings (SSSR count). The minimum Gasteiger partial charge on any atom is -0.452 e. The molecule has 0 aromatic heterocycles. The van der Waals surface area contributed by atoms with Crippen LogP contribution in [0.5, 0.6) is 0 Å². The number of thioether (sulfide) groups is 1. The van der Waals surface area contributed by atoms with E-state index in [0.29, 0.717) is 11.4 Å². The van der Waals surface area contributed by atoms with Crippen LogP contribution in [0.3, 0.4) is 0 Å². The van der Waals surface area contributed by atoms with E-state index in [9.17, 15) is 14.4 Å². The van der Waals surface area contributed by atoms with Crippen LogP contribution in [0.2, 0.25) is 0 Å². The predicted octanol–water partition coefficient (Wildman–Crippen LogP) is 4.83. The molecule has 2 amide bonds. The number of para-hydroxylation sites is 1. The fraction of sp³-hybridized carbons (Fsp3) is 0.233. The number of anilines is 1. The standard InChI is InChI=1S/C30H28N2O4S/c1-3-30(29(35)36-26(22-13-7-4-8-14-22)23-15-9-5-10-16-23)19-31-27(34)25(28(31)37-20-30)32(21(2)33)24-17-11-6-12-18-24/h3-18,25-26,28H,1,19-20H2,2H3/t25?,28-,30?/m1/s1. The van der Waals surface area contributed by atoms with E-state index < -0.39 is 23.5 Å². The minimum atomic E-state index is -1.06. The maximum atomic E-state index is 13.7. The molecule has 2 fully saturated rings. The Hall–Kier alpha value is -3.84. The highest BCUT2D eigenvalue weighted by Crippen LogP contribution is 2.46. The van der Waals surface area contributed by atoms with E-state index in [0.717, 1.165) is 11.1 Å². The summed E-state index contributed by atoms with van der Waals surface area (Å²) < 4.78 is 6.16. The molecule has 7 heteroatoms. The first kappa shape index (κ1) is 24.8. The summed E-state index contributed by atoms with van der Waals surface area (Å²) in [7, 11) is 0. The maximum Gasteiger partial charge on any atom is 0.319 e. The molecule has 188 valence electrons. The van der Waals surface area contributed by atoms with Crippen molar-refractivity contribution >= 4 is 35.2 Å². The van der Waals surface area contributed by atoms with Crippen molar-refractivity contribution in [3.05, 3.63) is 115 Å². The molecule has 2 aliphatic heterocycles. The fourth-order valence-corrected chi connectivity index (χ4v) is 6.52. The number of nitrogens with zero attached hydrogens (tertiary/aromatic N) is 2. The van der Waals surface area contributed by atoms with Crippen LogP contribution in [0.25, 0.3) is 0 Å². The fourth-order valence-electron chi connectivity index (χ4n) is 4.94. The van der Waals surface area contributed by atoms with Gasteiger partial charge in [0.1, 0.15) is 16.8 Å². The molecule has 2 heterocycles. The van der Waals surface area contributed by atoms with Crippen LogP contribution in [0, 0.1) is 5.41 Å². The Bertz CT molecular complexity index is 1260. The van der Waals surface area contributed by atoms with Gasteiger partial charge < -0.3 is 9.64 Å². The predicted molar refractivity (Wildman–Crippen MR) is 145 cm³/mol. The molecule has 2 aliphatic rings. The van der Waals surface area contributed by atoms with E-state index in [1.165, 1.54) is 18.7 Å². The highest BCUT2D eigenvalue weighted by Gasteiger charge is 2.59. The number of ether oxygens (including phenoxy) is 1. The molecule has 0 spiro atoms. The number of fused-ring (bicyclic) bond motifs is 1.